The van der Waals surface area contributed by atoms with Crippen LogP contribution in [0.2, 0.25) is 0 Å². The monoisotopic (exact) mass is 338 g/mol. The van der Waals surface area contributed by atoms with Crippen LogP contribution in [0, 0.1) is 0 Å². The molecule has 0 atom stereocenters. The molecule has 0 fully saturated rings. The number of Topliss-reactive ketones (excluding diaryl/α,β-unsaturated/α-hetero) is 1. The molecule has 0 amide bonds. The maximum Gasteiger partial charge on any atom is 0.147 e. The number of carbonyl (C=O) groups is 1. The topological polar surface area (TPSA) is 17.1 Å². The number of hydrogen-bond acceptors (Lipinski definition) is 1. The summed E-state index contributed by atoms with van der Waals surface area (Å²) in [6.45, 7) is 0. The number of hydrogen-bond donors (Lipinski definition) is 0. The molecular formula is C10H9Br2ClO. The molecule has 0 radical (unpaired) electrons. The summed E-state index contributed by atoms with van der Waals surface area (Å²) < 4.78 is 0.949. The Bertz CT molecular complexity index is 339. The zero-order chi connectivity index (χ0) is 10.6. The van der Waals surface area contributed by atoms with Gasteiger partial charge in [0.2, 0.25) is 0 Å². The molecule has 1 rings (SSSR count). The van der Waals surface area contributed by atoms with Crippen molar-refractivity contribution in [2.24, 2.45) is 0 Å². The minimum Gasteiger partial charge on any atom is -0.298 e. The highest BCUT2D eigenvalue weighted by molar-refractivity contribution is 9.10. The zero-order valence-electron chi connectivity index (χ0n) is 7.40. The molecule has 4 heteroatoms. The molecule has 0 heterocycles. The molecule has 14 heavy (non-hydrogen) atoms. The van der Waals surface area contributed by atoms with E-state index in [1.807, 2.05) is 18.2 Å². The fourth-order valence-electron chi connectivity index (χ4n) is 1.08. The van der Waals surface area contributed by atoms with Gasteiger partial charge in [0.05, 0.1) is 5.33 Å². The normalized spacial score (nSPS) is 10.2. The van der Waals surface area contributed by atoms with Gasteiger partial charge < -0.3 is 0 Å². The van der Waals surface area contributed by atoms with Crippen molar-refractivity contribution in [3.63, 3.8) is 0 Å². The van der Waals surface area contributed by atoms with Crippen LogP contribution in [0.3, 0.4) is 0 Å². The van der Waals surface area contributed by atoms with Gasteiger partial charge in [0.1, 0.15) is 5.78 Å². The first-order chi connectivity index (χ1) is 6.67. The number of rotatable bonds is 4. The average Bonchev–Trinajstić information content (AvgIpc) is 2.20. The lowest BCUT2D eigenvalue weighted by molar-refractivity contribution is -0.115. The quantitative estimate of drug-likeness (QED) is 0.764. The summed E-state index contributed by atoms with van der Waals surface area (Å²) in [5, 5.41) is 0.400. The fourth-order valence-corrected chi connectivity index (χ4v) is 2.01. The predicted octanol–water partition coefficient (Wildman–Crippen LogP) is 3.69. The second-order valence-electron chi connectivity index (χ2n) is 2.91. The maximum atomic E-state index is 11.2. The first kappa shape index (κ1) is 12.2. The summed E-state index contributed by atoms with van der Waals surface area (Å²) in [7, 11) is 0. The van der Waals surface area contributed by atoms with Crippen molar-refractivity contribution in [2.45, 2.75) is 12.3 Å². The van der Waals surface area contributed by atoms with E-state index in [2.05, 4.69) is 31.9 Å². The highest BCUT2D eigenvalue weighted by atomic mass is 79.9. The average molecular weight is 340 g/mol. The molecular weight excluding hydrogens is 331 g/mol. The van der Waals surface area contributed by atoms with Crippen molar-refractivity contribution in [2.75, 3.05) is 5.33 Å². The first-order valence-electron chi connectivity index (χ1n) is 4.08. The van der Waals surface area contributed by atoms with Gasteiger partial charge in [-0.1, -0.05) is 44.0 Å². The van der Waals surface area contributed by atoms with Crippen LogP contribution in [0.15, 0.2) is 22.7 Å². The minimum absolute atomic E-state index is 0.171. The molecule has 0 N–H and O–H groups in total. The van der Waals surface area contributed by atoms with Crippen molar-refractivity contribution >= 4 is 49.2 Å². The third-order valence-electron chi connectivity index (χ3n) is 1.81. The third-order valence-corrected chi connectivity index (χ3v) is 3.48. The van der Waals surface area contributed by atoms with Gasteiger partial charge in [-0.25, -0.2) is 0 Å². The molecule has 0 saturated heterocycles. The number of ketones is 1. The summed E-state index contributed by atoms with van der Waals surface area (Å²) in [4.78, 5) is 11.2. The van der Waals surface area contributed by atoms with Crippen LogP contribution in [0.4, 0.5) is 0 Å². The Morgan fingerprint density at radius 1 is 1.43 bits per heavy atom. The number of alkyl halides is 2. The van der Waals surface area contributed by atoms with Gasteiger partial charge in [-0.05, 0) is 17.2 Å². The van der Waals surface area contributed by atoms with Crippen LogP contribution in [-0.4, -0.2) is 11.1 Å². The van der Waals surface area contributed by atoms with E-state index in [-0.39, 0.29) is 5.78 Å². The summed E-state index contributed by atoms with van der Waals surface area (Å²) >= 11 is 12.2. The lowest BCUT2D eigenvalue weighted by Crippen LogP contribution is -2.04. The second kappa shape index (κ2) is 5.89. The molecule has 1 aromatic carbocycles. The van der Waals surface area contributed by atoms with Gasteiger partial charge in [-0.2, -0.15) is 0 Å². The molecule has 0 aliphatic rings. The molecule has 0 bridgehead atoms. The van der Waals surface area contributed by atoms with E-state index in [9.17, 15) is 4.79 Å². The van der Waals surface area contributed by atoms with E-state index in [0.717, 1.165) is 15.6 Å². The van der Waals surface area contributed by atoms with E-state index < -0.39 is 0 Å². The van der Waals surface area contributed by atoms with Crippen LogP contribution in [0.1, 0.15) is 11.1 Å². The lowest BCUT2D eigenvalue weighted by Gasteiger charge is -2.04. The summed E-state index contributed by atoms with van der Waals surface area (Å²) in [5.74, 6) is 0.662. The molecule has 0 aliphatic carbocycles. The van der Waals surface area contributed by atoms with Crippen LogP contribution in [0.5, 0.6) is 0 Å². The zero-order valence-corrected chi connectivity index (χ0v) is 11.3. The van der Waals surface area contributed by atoms with Crippen molar-refractivity contribution in [3.8, 4) is 0 Å². The smallest absolute Gasteiger partial charge is 0.147 e. The van der Waals surface area contributed by atoms with Crippen molar-refractivity contribution in [1.82, 2.24) is 0 Å². The van der Waals surface area contributed by atoms with Crippen molar-refractivity contribution < 1.29 is 4.79 Å². The van der Waals surface area contributed by atoms with Gasteiger partial charge >= 0.3 is 0 Å². The summed E-state index contributed by atoms with van der Waals surface area (Å²) in [6.07, 6.45) is 0.453. The van der Waals surface area contributed by atoms with E-state index in [4.69, 9.17) is 11.6 Å². The Kier molecular flexibility index (Phi) is 5.13. The molecule has 76 valence electrons. The molecule has 0 spiro atoms. The summed E-state index contributed by atoms with van der Waals surface area (Å²) in [5.41, 5.74) is 2.05. The second-order valence-corrected chi connectivity index (χ2v) is 4.59. The highest BCUT2D eigenvalue weighted by Crippen LogP contribution is 2.20. The Balaban J connectivity index is 2.83. The predicted molar refractivity (Wildman–Crippen MR) is 66.2 cm³/mol. The molecule has 0 unspecified atom stereocenters. The largest absolute Gasteiger partial charge is 0.298 e. The first-order valence-corrected chi connectivity index (χ1v) is 6.53. The number of carbonyl (C=O) groups excluding carboxylic acids is 1. The van der Waals surface area contributed by atoms with Gasteiger partial charge in [-0.3, -0.25) is 4.79 Å². The summed E-state index contributed by atoms with van der Waals surface area (Å²) in [6, 6.07) is 5.82. The lowest BCUT2D eigenvalue weighted by atomic mass is 10.1. The highest BCUT2D eigenvalue weighted by Gasteiger charge is 2.05. The van der Waals surface area contributed by atoms with Crippen LogP contribution in [0.25, 0.3) is 0 Å². The Hall–Kier alpha value is 0.140. The molecule has 0 saturated carbocycles. The number of benzene rings is 1. The van der Waals surface area contributed by atoms with Crippen molar-refractivity contribution in [1.29, 1.82) is 0 Å². The van der Waals surface area contributed by atoms with Crippen LogP contribution in [-0.2, 0) is 17.1 Å². The van der Waals surface area contributed by atoms with E-state index in [1.165, 1.54) is 0 Å². The molecule has 1 aromatic rings. The fraction of sp³-hybridized carbons (Fsp3) is 0.300. The van der Waals surface area contributed by atoms with E-state index in [1.54, 1.807) is 0 Å². The third kappa shape index (κ3) is 3.37. The van der Waals surface area contributed by atoms with Gasteiger partial charge in [0.25, 0.3) is 0 Å². The van der Waals surface area contributed by atoms with Gasteiger partial charge in [-0.15, -0.1) is 11.6 Å². The molecule has 1 nitrogen and oxygen atoms in total. The van der Waals surface area contributed by atoms with Crippen molar-refractivity contribution in [3.05, 3.63) is 33.8 Å². The Labute approximate surface area is 105 Å². The van der Waals surface area contributed by atoms with E-state index >= 15 is 0 Å². The minimum atomic E-state index is 0.171. The molecule has 0 aliphatic heterocycles. The maximum absolute atomic E-state index is 11.2. The van der Waals surface area contributed by atoms with Gasteiger partial charge in [0, 0.05) is 16.8 Å². The van der Waals surface area contributed by atoms with Gasteiger partial charge in [0.15, 0.2) is 0 Å². The standard InChI is InChI=1S/C10H9Br2ClO/c11-5-9(14)4-8-2-1-7(6-13)3-10(8)12/h1-3H,4-6H2. The van der Waals surface area contributed by atoms with Crippen LogP contribution >= 0.6 is 43.5 Å². The molecule has 0 aromatic heterocycles. The number of halogens is 3. The Morgan fingerprint density at radius 3 is 2.64 bits per heavy atom. The SMILES string of the molecule is O=C(CBr)Cc1ccc(CCl)cc1Br. The van der Waals surface area contributed by atoms with E-state index in [0.29, 0.717) is 17.6 Å². The Morgan fingerprint density at radius 2 is 2.14 bits per heavy atom. The van der Waals surface area contributed by atoms with Crippen LogP contribution < -0.4 is 0 Å².